The third-order valence-electron chi connectivity index (χ3n) is 3.73. The fourth-order valence-corrected chi connectivity index (χ4v) is 2.68. The Balaban J connectivity index is 2.22. The lowest BCUT2D eigenvalue weighted by Crippen LogP contribution is -2.16. The molecule has 0 saturated carbocycles. The number of aromatic nitrogens is 2. The van der Waals surface area contributed by atoms with Crippen LogP contribution in [0.2, 0.25) is 0 Å². The largest absolute Gasteiger partial charge is 0.362 e. The Morgan fingerprint density at radius 2 is 1.17 bits per heavy atom. The van der Waals surface area contributed by atoms with Crippen LogP contribution in [0.5, 0.6) is 0 Å². The lowest BCUT2D eigenvalue weighted by atomic mass is 10.00. The molecule has 0 saturated heterocycles. The molecule has 0 N–H and O–H groups in total. The molecule has 2 unspecified atom stereocenters. The molecule has 0 aromatic carbocycles. The highest BCUT2D eigenvalue weighted by molar-refractivity contribution is 5.10. The zero-order valence-electron chi connectivity index (χ0n) is 14.6. The lowest BCUT2D eigenvalue weighted by molar-refractivity contribution is -0.0393. The van der Waals surface area contributed by atoms with Gasteiger partial charge in [-0.25, -0.2) is 0 Å². The second-order valence-corrected chi connectivity index (χ2v) is 6.88. The molecule has 23 heavy (non-hydrogen) atoms. The van der Waals surface area contributed by atoms with Crippen LogP contribution in [0.3, 0.4) is 0 Å². The Morgan fingerprint density at radius 3 is 1.48 bits per heavy atom. The van der Waals surface area contributed by atoms with Crippen molar-refractivity contribution in [2.75, 3.05) is 0 Å². The van der Waals surface area contributed by atoms with Gasteiger partial charge in [-0.3, -0.25) is 9.97 Å². The second kappa shape index (κ2) is 8.78. The topological polar surface area (TPSA) is 35.0 Å². The van der Waals surface area contributed by atoms with Crippen molar-refractivity contribution in [2.24, 2.45) is 11.8 Å². The highest BCUT2D eigenvalue weighted by atomic mass is 16.5. The average Bonchev–Trinajstić information content (AvgIpc) is 2.54. The Bertz CT molecular complexity index is 503. The van der Waals surface area contributed by atoms with Crippen LogP contribution in [-0.4, -0.2) is 9.97 Å². The quantitative estimate of drug-likeness (QED) is 0.657. The van der Waals surface area contributed by atoms with Crippen molar-refractivity contribution in [3.63, 3.8) is 0 Å². The molecule has 0 spiro atoms. The van der Waals surface area contributed by atoms with Gasteiger partial charge in [-0.15, -0.1) is 0 Å². The van der Waals surface area contributed by atoms with E-state index in [9.17, 15) is 0 Å². The van der Waals surface area contributed by atoms with Crippen LogP contribution >= 0.6 is 0 Å². The molecule has 2 rings (SSSR count). The van der Waals surface area contributed by atoms with Gasteiger partial charge in [0.1, 0.15) is 12.2 Å². The monoisotopic (exact) mass is 312 g/mol. The first-order chi connectivity index (χ1) is 11.1. The maximum atomic E-state index is 6.52. The molecule has 2 heterocycles. The molecule has 0 aliphatic rings. The predicted molar refractivity (Wildman–Crippen MR) is 94.0 cm³/mol. The average molecular weight is 312 g/mol. The van der Waals surface area contributed by atoms with Gasteiger partial charge in [0.15, 0.2) is 0 Å². The summed E-state index contributed by atoms with van der Waals surface area (Å²) < 4.78 is 6.52. The molecule has 124 valence electrons. The number of pyridine rings is 2. The Labute approximate surface area is 140 Å². The SMILES string of the molecule is CC(C)CC(OC(CC(C)C)c1ccccn1)c1ccccn1. The van der Waals surface area contributed by atoms with E-state index in [1.54, 1.807) is 0 Å². The third-order valence-corrected chi connectivity index (χ3v) is 3.73. The van der Waals surface area contributed by atoms with E-state index in [0.717, 1.165) is 24.2 Å². The Morgan fingerprint density at radius 1 is 0.739 bits per heavy atom. The summed E-state index contributed by atoms with van der Waals surface area (Å²) >= 11 is 0. The van der Waals surface area contributed by atoms with Gasteiger partial charge in [-0.05, 0) is 48.9 Å². The van der Waals surface area contributed by atoms with E-state index < -0.39 is 0 Å². The van der Waals surface area contributed by atoms with Gasteiger partial charge >= 0.3 is 0 Å². The fourth-order valence-electron chi connectivity index (χ4n) is 2.68. The fraction of sp³-hybridized carbons (Fsp3) is 0.500. The van der Waals surface area contributed by atoms with Crippen molar-refractivity contribution < 1.29 is 4.74 Å². The van der Waals surface area contributed by atoms with Crippen LogP contribution < -0.4 is 0 Å². The summed E-state index contributed by atoms with van der Waals surface area (Å²) in [6.07, 6.45) is 5.59. The molecule has 0 amide bonds. The summed E-state index contributed by atoms with van der Waals surface area (Å²) in [6.45, 7) is 8.88. The van der Waals surface area contributed by atoms with Gasteiger partial charge < -0.3 is 4.74 Å². The lowest BCUT2D eigenvalue weighted by Gasteiger charge is -2.26. The van der Waals surface area contributed by atoms with Gasteiger partial charge in [0.05, 0.1) is 11.4 Å². The summed E-state index contributed by atoms with van der Waals surface area (Å²) in [5.41, 5.74) is 2.01. The molecule has 3 heteroatoms. The maximum Gasteiger partial charge on any atom is 0.101 e. The molecular weight excluding hydrogens is 284 g/mol. The van der Waals surface area contributed by atoms with E-state index in [0.29, 0.717) is 11.8 Å². The summed E-state index contributed by atoms with van der Waals surface area (Å²) in [4.78, 5) is 9.03. The number of nitrogens with zero attached hydrogens (tertiary/aromatic N) is 2. The smallest absolute Gasteiger partial charge is 0.101 e. The number of hydrogen-bond donors (Lipinski definition) is 0. The van der Waals surface area contributed by atoms with Gasteiger partial charge in [-0.2, -0.15) is 0 Å². The number of hydrogen-bond acceptors (Lipinski definition) is 3. The summed E-state index contributed by atoms with van der Waals surface area (Å²) in [5, 5.41) is 0. The molecule has 0 aliphatic heterocycles. The normalized spacial score (nSPS) is 14.2. The van der Waals surface area contributed by atoms with Crippen LogP contribution in [-0.2, 0) is 4.74 Å². The van der Waals surface area contributed by atoms with E-state index in [-0.39, 0.29) is 12.2 Å². The molecule has 2 aromatic heterocycles. The second-order valence-electron chi connectivity index (χ2n) is 6.88. The Hall–Kier alpha value is -1.74. The predicted octanol–water partition coefficient (Wildman–Crippen LogP) is 5.37. The van der Waals surface area contributed by atoms with Crippen molar-refractivity contribution in [1.82, 2.24) is 9.97 Å². The number of rotatable bonds is 8. The first-order valence-electron chi connectivity index (χ1n) is 8.53. The molecular formula is C20H28N2O. The van der Waals surface area contributed by atoms with Crippen LogP contribution in [0.25, 0.3) is 0 Å². The molecule has 0 aliphatic carbocycles. The molecule has 0 fully saturated rings. The van der Waals surface area contributed by atoms with Crippen molar-refractivity contribution in [3.05, 3.63) is 60.2 Å². The third kappa shape index (κ3) is 5.76. The first kappa shape index (κ1) is 17.6. The summed E-state index contributed by atoms with van der Waals surface area (Å²) in [6, 6.07) is 12.0. The first-order valence-corrected chi connectivity index (χ1v) is 8.53. The van der Waals surface area contributed by atoms with E-state index in [2.05, 4.69) is 49.8 Å². The molecule has 0 bridgehead atoms. The van der Waals surface area contributed by atoms with Crippen LogP contribution in [0, 0.1) is 11.8 Å². The molecule has 0 radical (unpaired) electrons. The molecule has 3 nitrogen and oxygen atoms in total. The van der Waals surface area contributed by atoms with Crippen molar-refractivity contribution in [3.8, 4) is 0 Å². The standard InChI is InChI=1S/C20H28N2O/c1-15(2)13-19(17-9-5-7-11-21-17)23-20(14-16(3)4)18-10-6-8-12-22-18/h5-12,15-16,19-20H,13-14H2,1-4H3. The zero-order chi connectivity index (χ0) is 16.7. The van der Waals surface area contributed by atoms with Crippen molar-refractivity contribution in [2.45, 2.75) is 52.7 Å². The van der Waals surface area contributed by atoms with Gasteiger partial charge in [-0.1, -0.05) is 39.8 Å². The number of ether oxygens (including phenoxy) is 1. The zero-order valence-corrected chi connectivity index (χ0v) is 14.6. The highest BCUT2D eigenvalue weighted by Crippen LogP contribution is 2.33. The highest BCUT2D eigenvalue weighted by Gasteiger charge is 2.23. The summed E-state index contributed by atoms with van der Waals surface area (Å²) in [5.74, 6) is 1.09. The minimum absolute atomic E-state index is 0.00181. The van der Waals surface area contributed by atoms with E-state index in [1.165, 1.54) is 0 Å². The maximum absolute atomic E-state index is 6.52. The molecule has 2 aromatic rings. The van der Waals surface area contributed by atoms with Crippen molar-refractivity contribution >= 4 is 0 Å². The van der Waals surface area contributed by atoms with Gasteiger partial charge in [0.2, 0.25) is 0 Å². The molecule has 2 atom stereocenters. The van der Waals surface area contributed by atoms with E-state index in [1.807, 2.05) is 36.7 Å². The minimum Gasteiger partial charge on any atom is -0.362 e. The van der Waals surface area contributed by atoms with E-state index in [4.69, 9.17) is 4.74 Å². The van der Waals surface area contributed by atoms with E-state index >= 15 is 0 Å². The van der Waals surface area contributed by atoms with Gasteiger partial charge in [0.25, 0.3) is 0 Å². The summed E-state index contributed by atoms with van der Waals surface area (Å²) in [7, 11) is 0. The van der Waals surface area contributed by atoms with Crippen molar-refractivity contribution in [1.29, 1.82) is 0 Å². The van der Waals surface area contributed by atoms with Gasteiger partial charge in [0, 0.05) is 12.4 Å². The Kier molecular flexibility index (Phi) is 6.72. The minimum atomic E-state index is 0.00181. The van der Waals surface area contributed by atoms with Crippen LogP contribution in [0.4, 0.5) is 0 Å². The van der Waals surface area contributed by atoms with Crippen LogP contribution in [0.15, 0.2) is 48.8 Å². The van der Waals surface area contributed by atoms with Crippen LogP contribution in [0.1, 0.15) is 64.1 Å².